The van der Waals surface area contributed by atoms with Gasteiger partial charge in [0.15, 0.2) is 0 Å². The fourth-order valence-corrected chi connectivity index (χ4v) is 5.16. The van der Waals surface area contributed by atoms with Crippen molar-refractivity contribution >= 4 is 17.5 Å². The summed E-state index contributed by atoms with van der Waals surface area (Å²) in [5, 5.41) is 3.06. The van der Waals surface area contributed by atoms with E-state index in [9.17, 15) is 9.59 Å². The van der Waals surface area contributed by atoms with E-state index in [4.69, 9.17) is 0 Å². The lowest BCUT2D eigenvalue weighted by molar-refractivity contribution is -0.134. The van der Waals surface area contributed by atoms with Crippen molar-refractivity contribution in [3.8, 4) is 0 Å². The third-order valence-electron chi connectivity index (χ3n) is 6.85. The fraction of sp³-hybridized carbons (Fsp3) is 0.385. The second-order valence-electron chi connectivity index (χ2n) is 9.11. The quantitative estimate of drug-likeness (QED) is 0.740. The number of amides is 3. The second kappa shape index (κ2) is 8.88. The predicted molar refractivity (Wildman–Crippen MR) is 125 cm³/mol. The van der Waals surface area contributed by atoms with Gasteiger partial charge in [-0.1, -0.05) is 66.7 Å². The Hall–Kier alpha value is -2.96. The maximum atomic E-state index is 13.4. The molecule has 5 rings (SSSR count). The Kier molecular flexibility index (Phi) is 5.81. The minimum Gasteiger partial charge on any atom is -0.322 e. The van der Waals surface area contributed by atoms with Gasteiger partial charge in [0, 0.05) is 26.2 Å². The van der Waals surface area contributed by atoms with Gasteiger partial charge in [-0.3, -0.25) is 14.6 Å². The van der Waals surface area contributed by atoms with Crippen LogP contribution in [0.3, 0.4) is 0 Å². The zero-order valence-corrected chi connectivity index (χ0v) is 18.4. The van der Waals surface area contributed by atoms with Gasteiger partial charge in [0.25, 0.3) is 5.91 Å². The molecule has 32 heavy (non-hydrogen) atoms. The van der Waals surface area contributed by atoms with E-state index in [2.05, 4.69) is 57.6 Å². The average molecular weight is 431 g/mol. The van der Waals surface area contributed by atoms with E-state index in [1.54, 1.807) is 0 Å². The Morgan fingerprint density at radius 3 is 2.38 bits per heavy atom. The molecule has 1 unspecified atom stereocenters. The molecular formula is C26H30N4O2. The molecule has 3 heterocycles. The second-order valence-corrected chi connectivity index (χ2v) is 9.11. The molecule has 0 bridgehead atoms. The van der Waals surface area contributed by atoms with E-state index >= 15 is 0 Å². The van der Waals surface area contributed by atoms with Crippen LogP contribution in [0.15, 0.2) is 66.7 Å². The van der Waals surface area contributed by atoms with Crippen molar-refractivity contribution in [2.75, 3.05) is 32.8 Å². The summed E-state index contributed by atoms with van der Waals surface area (Å²) >= 11 is 0. The van der Waals surface area contributed by atoms with Gasteiger partial charge in [-0.15, -0.1) is 0 Å². The molecule has 2 saturated heterocycles. The molecule has 166 valence electrons. The smallest absolute Gasteiger partial charge is 0.322 e. The summed E-state index contributed by atoms with van der Waals surface area (Å²) in [4.78, 5) is 32.1. The molecule has 2 fully saturated rings. The van der Waals surface area contributed by atoms with Crippen molar-refractivity contribution in [2.24, 2.45) is 0 Å². The van der Waals surface area contributed by atoms with Crippen molar-refractivity contribution in [1.29, 1.82) is 0 Å². The van der Waals surface area contributed by atoms with Gasteiger partial charge in [-0.25, -0.2) is 9.69 Å². The van der Waals surface area contributed by atoms with Crippen LogP contribution < -0.4 is 5.32 Å². The van der Waals surface area contributed by atoms with Gasteiger partial charge in [0.2, 0.25) is 0 Å². The first-order valence-corrected chi connectivity index (χ1v) is 11.5. The number of likely N-dealkylation sites (tertiary alicyclic amines) is 1. The number of carbonyl (C=O) groups is 2. The Bertz CT molecular complexity index is 1010. The Balaban J connectivity index is 1.23. The number of hydrogen-bond acceptors (Lipinski definition) is 4. The van der Waals surface area contributed by atoms with Crippen LogP contribution in [0.25, 0.3) is 5.57 Å². The molecule has 6 nitrogen and oxygen atoms in total. The number of hydrogen-bond donors (Lipinski definition) is 1. The zero-order chi connectivity index (χ0) is 22.0. The topological polar surface area (TPSA) is 55.9 Å². The molecule has 0 aliphatic carbocycles. The van der Waals surface area contributed by atoms with Crippen LogP contribution in [0, 0.1) is 0 Å². The molecule has 2 aromatic rings. The highest BCUT2D eigenvalue weighted by Crippen LogP contribution is 2.30. The van der Waals surface area contributed by atoms with E-state index in [0.29, 0.717) is 19.6 Å². The Labute approximate surface area is 189 Å². The van der Waals surface area contributed by atoms with Gasteiger partial charge in [-0.2, -0.15) is 0 Å². The molecule has 0 aromatic heterocycles. The minimum absolute atomic E-state index is 0.0712. The van der Waals surface area contributed by atoms with Crippen LogP contribution in [0.5, 0.6) is 0 Å². The number of urea groups is 1. The molecule has 1 N–H and O–H groups in total. The van der Waals surface area contributed by atoms with Crippen molar-refractivity contribution < 1.29 is 9.59 Å². The Morgan fingerprint density at radius 2 is 1.66 bits per heavy atom. The molecule has 0 saturated carbocycles. The SMILES string of the molecule is O=C1NC2(CCCN(Cc3ccccc3)C2)C(=O)N1CN1CC=C(c2ccccc2)CC1. The molecule has 1 spiro atoms. The van der Waals surface area contributed by atoms with Crippen LogP contribution in [0.1, 0.15) is 30.4 Å². The minimum atomic E-state index is -0.787. The summed E-state index contributed by atoms with van der Waals surface area (Å²) in [6.07, 6.45) is 4.75. The lowest BCUT2D eigenvalue weighted by atomic mass is 9.88. The number of nitrogens with zero attached hydrogens (tertiary/aromatic N) is 3. The molecule has 3 aliphatic rings. The van der Waals surface area contributed by atoms with Crippen molar-refractivity contribution in [3.05, 3.63) is 77.9 Å². The van der Waals surface area contributed by atoms with E-state index in [-0.39, 0.29) is 11.9 Å². The molecular weight excluding hydrogens is 400 g/mol. The van der Waals surface area contributed by atoms with Crippen LogP contribution in [0.4, 0.5) is 4.79 Å². The first kappa shape index (κ1) is 20.9. The van der Waals surface area contributed by atoms with Crippen LogP contribution in [-0.2, 0) is 11.3 Å². The molecule has 1 atom stereocenters. The lowest BCUT2D eigenvalue weighted by Gasteiger charge is -2.38. The first-order valence-electron chi connectivity index (χ1n) is 11.5. The van der Waals surface area contributed by atoms with Crippen LogP contribution in [0.2, 0.25) is 0 Å². The number of carbonyl (C=O) groups excluding carboxylic acids is 2. The summed E-state index contributed by atoms with van der Waals surface area (Å²) < 4.78 is 0. The highest BCUT2D eigenvalue weighted by atomic mass is 16.2. The average Bonchev–Trinajstić information content (AvgIpc) is 3.04. The largest absolute Gasteiger partial charge is 0.326 e. The molecule has 3 aliphatic heterocycles. The van der Waals surface area contributed by atoms with E-state index in [1.807, 2.05) is 24.3 Å². The van der Waals surface area contributed by atoms with E-state index in [1.165, 1.54) is 21.6 Å². The maximum absolute atomic E-state index is 13.4. The van der Waals surface area contributed by atoms with E-state index in [0.717, 1.165) is 39.0 Å². The molecule has 3 amide bonds. The van der Waals surface area contributed by atoms with Crippen LogP contribution in [-0.4, -0.2) is 65.0 Å². The molecule has 2 aromatic carbocycles. The van der Waals surface area contributed by atoms with Gasteiger partial charge in [0.1, 0.15) is 5.54 Å². The number of benzene rings is 2. The van der Waals surface area contributed by atoms with E-state index < -0.39 is 5.54 Å². The van der Waals surface area contributed by atoms with Crippen LogP contribution >= 0.6 is 0 Å². The number of nitrogens with one attached hydrogen (secondary N) is 1. The normalized spacial score (nSPS) is 24.6. The van der Waals surface area contributed by atoms with Gasteiger partial charge in [0.05, 0.1) is 6.67 Å². The van der Waals surface area contributed by atoms with Gasteiger partial charge < -0.3 is 5.32 Å². The van der Waals surface area contributed by atoms with Crippen molar-refractivity contribution in [3.63, 3.8) is 0 Å². The maximum Gasteiger partial charge on any atom is 0.326 e. The molecule has 0 radical (unpaired) electrons. The highest BCUT2D eigenvalue weighted by molar-refractivity contribution is 6.07. The third kappa shape index (κ3) is 4.20. The monoisotopic (exact) mass is 430 g/mol. The van der Waals surface area contributed by atoms with Crippen molar-refractivity contribution in [2.45, 2.75) is 31.3 Å². The number of piperidine rings is 1. The third-order valence-corrected chi connectivity index (χ3v) is 6.85. The summed E-state index contributed by atoms with van der Waals surface area (Å²) in [6.45, 7) is 4.24. The Morgan fingerprint density at radius 1 is 0.906 bits per heavy atom. The summed E-state index contributed by atoms with van der Waals surface area (Å²) in [6, 6.07) is 20.4. The summed E-state index contributed by atoms with van der Waals surface area (Å²) in [7, 11) is 0. The highest BCUT2D eigenvalue weighted by Gasteiger charge is 2.53. The lowest BCUT2D eigenvalue weighted by Crippen LogP contribution is -2.58. The van der Waals surface area contributed by atoms with Gasteiger partial charge >= 0.3 is 6.03 Å². The number of imide groups is 1. The number of rotatable bonds is 5. The summed E-state index contributed by atoms with van der Waals surface area (Å²) in [5.74, 6) is -0.0712. The zero-order valence-electron chi connectivity index (χ0n) is 18.4. The molecule has 6 heteroatoms. The summed E-state index contributed by atoms with van der Waals surface area (Å²) in [5.41, 5.74) is 3.03. The predicted octanol–water partition coefficient (Wildman–Crippen LogP) is 3.32. The van der Waals surface area contributed by atoms with Crippen molar-refractivity contribution in [1.82, 2.24) is 20.0 Å². The first-order chi connectivity index (χ1) is 15.6. The van der Waals surface area contributed by atoms with Gasteiger partial charge in [-0.05, 0) is 42.5 Å². The fourth-order valence-electron chi connectivity index (χ4n) is 5.16. The standard InChI is InChI=1S/C26H30N4O2/c31-24-26(14-7-15-29(19-26)18-21-8-3-1-4-9-21)27-25(32)30(24)20-28-16-12-23(13-17-28)22-10-5-2-6-11-22/h1-6,8-12H,7,13-20H2,(H,27,32).